The van der Waals surface area contributed by atoms with Gasteiger partial charge in [-0.3, -0.25) is 4.79 Å². The predicted octanol–water partition coefficient (Wildman–Crippen LogP) is 1.69. The van der Waals surface area contributed by atoms with Crippen molar-refractivity contribution in [2.24, 2.45) is 5.41 Å². The Kier molecular flexibility index (Phi) is 4.37. The van der Waals surface area contributed by atoms with Gasteiger partial charge in [-0.25, -0.2) is 9.97 Å². The summed E-state index contributed by atoms with van der Waals surface area (Å²) < 4.78 is 0. The number of hydrogen-bond acceptors (Lipinski definition) is 4. The molecular formula is C15H22N4O. The van der Waals surface area contributed by atoms with Gasteiger partial charge >= 0.3 is 0 Å². The van der Waals surface area contributed by atoms with Crippen molar-refractivity contribution >= 4 is 11.7 Å². The number of nitrogens with zero attached hydrogens (tertiary/aromatic N) is 3. The molecule has 0 aliphatic carbocycles. The summed E-state index contributed by atoms with van der Waals surface area (Å²) in [7, 11) is 0. The van der Waals surface area contributed by atoms with Gasteiger partial charge in [-0.15, -0.1) is 6.58 Å². The number of rotatable bonds is 4. The first kappa shape index (κ1) is 14.5. The highest BCUT2D eigenvalue weighted by atomic mass is 16.2. The van der Waals surface area contributed by atoms with Gasteiger partial charge in [0.1, 0.15) is 11.6 Å². The monoisotopic (exact) mass is 274 g/mol. The van der Waals surface area contributed by atoms with Crippen molar-refractivity contribution in [3.8, 4) is 0 Å². The second-order valence-electron chi connectivity index (χ2n) is 5.55. The van der Waals surface area contributed by atoms with Crippen molar-refractivity contribution < 1.29 is 4.79 Å². The van der Waals surface area contributed by atoms with Crippen LogP contribution in [0.3, 0.4) is 0 Å². The summed E-state index contributed by atoms with van der Waals surface area (Å²) in [6, 6.07) is 1.90. The topological polar surface area (TPSA) is 58.1 Å². The molecule has 1 N–H and O–H groups in total. The Labute approximate surface area is 120 Å². The second-order valence-corrected chi connectivity index (χ2v) is 5.55. The van der Waals surface area contributed by atoms with Crippen molar-refractivity contribution in [1.29, 1.82) is 0 Å². The highest BCUT2D eigenvalue weighted by Gasteiger charge is 2.37. The van der Waals surface area contributed by atoms with Crippen LogP contribution in [0.4, 0.5) is 5.82 Å². The summed E-state index contributed by atoms with van der Waals surface area (Å²) in [4.78, 5) is 23.0. The Bertz CT molecular complexity index is 502. The summed E-state index contributed by atoms with van der Waals surface area (Å²) >= 11 is 0. The van der Waals surface area contributed by atoms with E-state index in [1.165, 1.54) is 0 Å². The molecule has 2 heterocycles. The average Bonchev–Trinajstić information content (AvgIpc) is 2.44. The van der Waals surface area contributed by atoms with Crippen LogP contribution in [0.15, 0.2) is 24.9 Å². The highest BCUT2D eigenvalue weighted by Crippen LogP contribution is 2.31. The summed E-state index contributed by atoms with van der Waals surface area (Å²) in [5.74, 6) is 1.75. The SMILES string of the molecule is C=CCNC(=O)[C@]1(C)CCCN(c2ccnc(C)n2)C1. The van der Waals surface area contributed by atoms with Crippen LogP contribution in [0, 0.1) is 12.3 Å². The molecule has 2 rings (SSSR count). The molecule has 0 spiro atoms. The molecule has 1 saturated heterocycles. The molecule has 0 bridgehead atoms. The second kappa shape index (κ2) is 6.03. The first-order valence-corrected chi connectivity index (χ1v) is 6.99. The normalized spacial score (nSPS) is 22.4. The third kappa shape index (κ3) is 3.15. The predicted molar refractivity (Wildman–Crippen MR) is 79.5 cm³/mol. The number of anilines is 1. The Morgan fingerprint density at radius 1 is 1.65 bits per heavy atom. The van der Waals surface area contributed by atoms with Crippen LogP contribution in [-0.2, 0) is 4.79 Å². The van der Waals surface area contributed by atoms with Crippen molar-refractivity contribution in [3.63, 3.8) is 0 Å². The van der Waals surface area contributed by atoms with Gasteiger partial charge < -0.3 is 10.2 Å². The zero-order valence-electron chi connectivity index (χ0n) is 12.2. The van der Waals surface area contributed by atoms with Gasteiger partial charge in [0, 0.05) is 25.8 Å². The van der Waals surface area contributed by atoms with Gasteiger partial charge in [0.2, 0.25) is 5.91 Å². The van der Waals surface area contributed by atoms with Gasteiger partial charge in [0.05, 0.1) is 5.41 Å². The molecule has 1 aliphatic rings. The van der Waals surface area contributed by atoms with Crippen LogP contribution in [0.5, 0.6) is 0 Å². The van der Waals surface area contributed by atoms with E-state index in [4.69, 9.17) is 0 Å². The van der Waals surface area contributed by atoms with Crippen LogP contribution >= 0.6 is 0 Å². The van der Waals surface area contributed by atoms with Gasteiger partial charge in [0.15, 0.2) is 0 Å². The fourth-order valence-electron chi connectivity index (χ4n) is 2.62. The molecule has 108 valence electrons. The Morgan fingerprint density at radius 3 is 3.15 bits per heavy atom. The Morgan fingerprint density at radius 2 is 2.45 bits per heavy atom. The maximum absolute atomic E-state index is 12.3. The van der Waals surface area contributed by atoms with E-state index in [0.29, 0.717) is 13.1 Å². The summed E-state index contributed by atoms with van der Waals surface area (Å²) in [5.41, 5.74) is -0.375. The van der Waals surface area contributed by atoms with E-state index < -0.39 is 0 Å². The minimum absolute atomic E-state index is 0.0906. The maximum Gasteiger partial charge on any atom is 0.227 e. The lowest BCUT2D eigenvalue weighted by molar-refractivity contribution is -0.130. The molecule has 1 atom stereocenters. The molecule has 0 unspecified atom stereocenters. The van der Waals surface area contributed by atoms with E-state index >= 15 is 0 Å². The van der Waals surface area contributed by atoms with Gasteiger partial charge in [0.25, 0.3) is 0 Å². The Hall–Kier alpha value is -1.91. The molecule has 0 aromatic carbocycles. The molecule has 1 fully saturated rings. The lowest BCUT2D eigenvalue weighted by Crippen LogP contribution is -2.50. The number of hydrogen-bond donors (Lipinski definition) is 1. The standard InChI is InChI=1S/C15H22N4O/c1-4-8-17-14(20)15(3)7-5-10-19(11-15)13-6-9-16-12(2)18-13/h4,6,9H,1,5,7-8,10-11H2,2-3H3,(H,17,20)/t15-/m1/s1. The third-order valence-electron chi connectivity index (χ3n) is 3.74. The number of aryl methyl sites for hydroxylation is 1. The smallest absolute Gasteiger partial charge is 0.227 e. The summed E-state index contributed by atoms with van der Waals surface area (Å²) in [6.07, 6.45) is 5.36. The molecule has 0 radical (unpaired) electrons. The van der Waals surface area contributed by atoms with Crippen molar-refractivity contribution in [3.05, 3.63) is 30.7 Å². The first-order valence-electron chi connectivity index (χ1n) is 6.99. The van der Waals surface area contributed by atoms with Gasteiger partial charge in [-0.05, 0) is 32.8 Å². The highest BCUT2D eigenvalue weighted by molar-refractivity contribution is 5.83. The lowest BCUT2D eigenvalue weighted by atomic mass is 9.81. The molecule has 1 aromatic rings. The molecule has 1 amide bonds. The van der Waals surface area contributed by atoms with E-state index in [1.54, 1.807) is 12.3 Å². The van der Waals surface area contributed by atoms with E-state index in [0.717, 1.165) is 31.0 Å². The number of carbonyl (C=O) groups is 1. The van der Waals surface area contributed by atoms with Crippen LogP contribution in [0.1, 0.15) is 25.6 Å². The molecule has 5 nitrogen and oxygen atoms in total. The first-order chi connectivity index (χ1) is 9.55. The van der Waals surface area contributed by atoms with E-state index in [1.807, 2.05) is 19.9 Å². The molecule has 0 saturated carbocycles. The quantitative estimate of drug-likeness (QED) is 0.849. The maximum atomic E-state index is 12.3. The van der Waals surface area contributed by atoms with E-state index in [9.17, 15) is 4.79 Å². The molecule has 1 aromatic heterocycles. The molecule has 1 aliphatic heterocycles. The molecule has 20 heavy (non-hydrogen) atoms. The number of amides is 1. The minimum Gasteiger partial charge on any atom is -0.355 e. The van der Waals surface area contributed by atoms with Crippen molar-refractivity contribution in [2.75, 3.05) is 24.5 Å². The number of piperidine rings is 1. The van der Waals surface area contributed by atoms with Gasteiger partial charge in [-0.2, -0.15) is 0 Å². The Balaban J connectivity index is 2.11. The minimum atomic E-state index is -0.375. The zero-order chi connectivity index (χ0) is 14.6. The third-order valence-corrected chi connectivity index (χ3v) is 3.74. The fraction of sp³-hybridized carbons (Fsp3) is 0.533. The molecular weight excluding hydrogens is 252 g/mol. The average molecular weight is 274 g/mol. The summed E-state index contributed by atoms with van der Waals surface area (Å²) in [5, 5.41) is 2.91. The fourth-order valence-corrected chi connectivity index (χ4v) is 2.62. The number of nitrogens with one attached hydrogen (secondary N) is 1. The van der Waals surface area contributed by atoms with Crippen LogP contribution in [-0.4, -0.2) is 35.5 Å². The van der Waals surface area contributed by atoms with Crippen LogP contribution in [0.25, 0.3) is 0 Å². The van der Waals surface area contributed by atoms with Crippen LogP contribution in [0.2, 0.25) is 0 Å². The zero-order valence-corrected chi connectivity index (χ0v) is 12.2. The lowest BCUT2D eigenvalue weighted by Gasteiger charge is -2.39. The van der Waals surface area contributed by atoms with E-state index in [-0.39, 0.29) is 11.3 Å². The van der Waals surface area contributed by atoms with Crippen molar-refractivity contribution in [2.45, 2.75) is 26.7 Å². The largest absolute Gasteiger partial charge is 0.355 e. The van der Waals surface area contributed by atoms with Crippen molar-refractivity contribution in [1.82, 2.24) is 15.3 Å². The number of carbonyl (C=O) groups excluding carboxylic acids is 1. The van der Waals surface area contributed by atoms with Gasteiger partial charge in [-0.1, -0.05) is 6.08 Å². The summed E-state index contributed by atoms with van der Waals surface area (Å²) in [6.45, 7) is 9.66. The molecule has 5 heteroatoms. The van der Waals surface area contributed by atoms with Crippen LogP contribution < -0.4 is 10.2 Å². The van der Waals surface area contributed by atoms with E-state index in [2.05, 4.69) is 26.8 Å². The number of aromatic nitrogens is 2.